The summed E-state index contributed by atoms with van der Waals surface area (Å²) in [4.78, 5) is 39.4. The zero-order chi connectivity index (χ0) is 28.1. The van der Waals surface area contributed by atoms with Crippen LogP contribution in [-0.2, 0) is 25.7 Å². The number of benzene rings is 1. The van der Waals surface area contributed by atoms with Gasteiger partial charge in [-0.15, -0.1) is 0 Å². The van der Waals surface area contributed by atoms with Crippen molar-refractivity contribution < 1.29 is 37.4 Å². The maximum atomic E-state index is 14.0. The van der Waals surface area contributed by atoms with Gasteiger partial charge in [-0.3, -0.25) is 14.3 Å². The molecule has 2 aliphatic heterocycles. The standard InChI is InChI=1S/C24H32N4O3.C2HF3O2/c1-18(2)28-21(10-12-25-28)20-15-27(22(29)16-31-3)17-24(20)11-7-13-26(23(24)30)14-19-8-5-4-6-9-19;3-2(4,5)1(6)7/h4-6,8-10,12,18,20H,7,11,13-17H2,1-3H3;(H,6,7)/t20-,24+;/m0./s1. The van der Waals surface area contributed by atoms with Crippen LogP contribution in [0.4, 0.5) is 13.2 Å². The summed E-state index contributed by atoms with van der Waals surface area (Å²) in [5, 5.41) is 11.6. The molecule has 1 N–H and O–H groups in total. The summed E-state index contributed by atoms with van der Waals surface area (Å²) < 4.78 is 38.8. The number of ether oxygens (including phenoxy) is 1. The van der Waals surface area contributed by atoms with E-state index in [9.17, 15) is 22.8 Å². The van der Waals surface area contributed by atoms with E-state index in [0.717, 1.165) is 30.6 Å². The van der Waals surface area contributed by atoms with Crippen molar-refractivity contribution >= 4 is 17.8 Å². The van der Waals surface area contributed by atoms with Crippen molar-refractivity contribution in [3.05, 3.63) is 53.9 Å². The maximum absolute atomic E-state index is 14.0. The molecule has 2 saturated heterocycles. The highest BCUT2D eigenvalue weighted by Crippen LogP contribution is 2.50. The van der Waals surface area contributed by atoms with Gasteiger partial charge in [0.15, 0.2) is 0 Å². The molecule has 9 nitrogen and oxygen atoms in total. The Morgan fingerprint density at radius 3 is 2.45 bits per heavy atom. The molecular formula is C26H33F3N4O5. The van der Waals surface area contributed by atoms with Gasteiger partial charge in [-0.25, -0.2) is 4.79 Å². The second-order valence-electron chi connectivity index (χ2n) is 9.83. The number of likely N-dealkylation sites (tertiary alicyclic amines) is 2. The first-order valence-corrected chi connectivity index (χ1v) is 12.3. The number of carbonyl (C=O) groups excluding carboxylic acids is 2. The summed E-state index contributed by atoms with van der Waals surface area (Å²) in [6, 6.07) is 12.3. The minimum atomic E-state index is -5.08. The number of piperidine rings is 1. The van der Waals surface area contributed by atoms with Crippen LogP contribution in [0.3, 0.4) is 0 Å². The van der Waals surface area contributed by atoms with Gasteiger partial charge in [-0.05, 0) is 38.3 Å². The Hall–Kier alpha value is -3.41. The van der Waals surface area contributed by atoms with Gasteiger partial charge in [-0.2, -0.15) is 18.3 Å². The van der Waals surface area contributed by atoms with Gasteiger partial charge in [0.1, 0.15) is 6.61 Å². The zero-order valence-corrected chi connectivity index (χ0v) is 21.6. The third-order valence-corrected chi connectivity index (χ3v) is 6.93. The normalized spacial score (nSPS) is 21.6. The summed E-state index contributed by atoms with van der Waals surface area (Å²) in [7, 11) is 1.53. The molecule has 0 unspecified atom stereocenters. The van der Waals surface area contributed by atoms with Gasteiger partial charge in [0, 0.05) is 57.1 Å². The van der Waals surface area contributed by atoms with Crippen LogP contribution in [0.25, 0.3) is 0 Å². The van der Waals surface area contributed by atoms with E-state index in [1.54, 1.807) is 6.20 Å². The number of methoxy groups -OCH3 is 1. The summed E-state index contributed by atoms with van der Waals surface area (Å²) in [6.45, 7) is 6.53. The van der Waals surface area contributed by atoms with Gasteiger partial charge in [-0.1, -0.05) is 30.3 Å². The molecule has 38 heavy (non-hydrogen) atoms. The van der Waals surface area contributed by atoms with Crippen LogP contribution in [-0.4, -0.2) is 82.0 Å². The Morgan fingerprint density at radius 2 is 1.87 bits per heavy atom. The number of nitrogens with zero attached hydrogens (tertiary/aromatic N) is 4. The number of carbonyl (C=O) groups is 3. The Kier molecular flexibility index (Phi) is 9.18. The predicted octanol–water partition coefficient (Wildman–Crippen LogP) is 3.48. The molecule has 2 fully saturated rings. The first kappa shape index (κ1) is 29.2. The highest BCUT2D eigenvalue weighted by Gasteiger charge is 2.57. The van der Waals surface area contributed by atoms with Crippen molar-refractivity contribution in [2.24, 2.45) is 5.41 Å². The van der Waals surface area contributed by atoms with Crippen molar-refractivity contribution in [3.63, 3.8) is 0 Å². The Balaban J connectivity index is 0.000000505. The minimum absolute atomic E-state index is 0.0359. The molecule has 0 bridgehead atoms. The number of aliphatic carboxylic acids is 1. The van der Waals surface area contributed by atoms with Gasteiger partial charge in [0.2, 0.25) is 11.8 Å². The number of hydrogen-bond donors (Lipinski definition) is 1. The van der Waals surface area contributed by atoms with Crippen LogP contribution < -0.4 is 0 Å². The van der Waals surface area contributed by atoms with E-state index in [4.69, 9.17) is 14.6 Å². The van der Waals surface area contributed by atoms with E-state index in [1.165, 1.54) is 7.11 Å². The van der Waals surface area contributed by atoms with Crippen molar-refractivity contribution in [1.82, 2.24) is 19.6 Å². The third kappa shape index (κ3) is 6.35. The lowest BCUT2D eigenvalue weighted by Gasteiger charge is -2.42. The molecule has 0 saturated carbocycles. The molecule has 12 heteroatoms. The number of carboxylic acids is 1. The van der Waals surface area contributed by atoms with Crippen LogP contribution in [0.2, 0.25) is 0 Å². The topological polar surface area (TPSA) is 105 Å². The number of rotatable bonds is 6. The fraction of sp³-hybridized carbons (Fsp3) is 0.538. The molecule has 208 valence electrons. The lowest BCUT2D eigenvalue weighted by molar-refractivity contribution is -0.192. The van der Waals surface area contributed by atoms with Crippen LogP contribution in [0.1, 0.15) is 49.9 Å². The first-order valence-electron chi connectivity index (χ1n) is 12.3. The first-order chi connectivity index (χ1) is 17.9. The van der Waals surface area contributed by atoms with Crippen LogP contribution in [0, 0.1) is 5.41 Å². The fourth-order valence-electron chi connectivity index (χ4n) is 5.26. The monoisotopic (exact) mass is 538 g/mol. The van der Waals surface area contributed by atoms with E-state index in [2.05, 4.69) is 31.1 Å². The van der Waals surface area contributed by atoms with E-state index in [-0.39, 0.29) is 30.4 Å². The molecule has 1 spiro atoms. The number of halogens is 3. The second kappa shape index (κ2) is 12.0. The highest BCUT2D eigenvalue weighted by atomic mass is 19.4. The quantitative estimate of drug-likeness (QED) is 0.604. The van der Waals surface area contributed by atoms with Gasteiger partial charge in [0.25, 0.3) is 0 Å². The van der Waals surface area contributed by atoms with E-state index in [0.29, 0.717) is 19.6 Å². The van der Waals surface area contributed by atoms with Crippen LogP contribution >= 0.6 is 0 Å². The highest BCUT2D eigenvalue weighted by molar-refractivity contribution is 5.87. The van der Waals surface area contributed by atoms with Crippen LogP contribution in [0.5, 0.6) is 0 Å². The van der Waals surface area contributed by atoms with E-state index in [1.807, 2.05) is 38.7 Å². The number of alkyl halides is 3. The minimum Gasteiger partial charge on any atom is -0.475 e. The third-order valence-electron chi connectivity index (χ3n) is 6.93. The Morgan fingerprint density at radius 1 is 1.21 bits per heavy atom. The molecule has 4 rings (SSSR count). The van der Waals surface area contributed by atoms with Gasteiger partial charge in [0.05, 0.1) is 5.41 Å². The molecule has 2 aromatic rings. The molecule has 2 atom stereocenters. The van der Waals surface area contributed by atoms with Gasteiger partial charge >= 0.3 is 12.1 Å². The number of aromatic nitrogens is 2. The average molecular weight is 539 g/mol. The largest absolute Gasteiger partial charge is 0.490 e. The molecule has 0 aliphatic carbocycles. The van der Waals surface area contributed by atoms with Gasteiger partial charge < -0.3 is 19.6 Å². The van der Waals surface area contributed by atoms with Crippen molar-refractivity contribution in [2.45, 2.75) is 51.4 Å². The van der Waals surface area contributed by atoms with Crippen molar-refractivity contribution in [1.29, 1.82) is 0 Å². The van der Waals surface area contributed by atoms with E-state index < -0.39 is 17.6 Å². The number of amides is 2. The number of hydrogen-bond acceptors (Lipinski definition) is 5. The van der Waals surface area contributed by atoms with E-state index >= 15 is 0 Å². The smallest absolute Gasteiger partial charge is 0.475 e. The molecule has 1 aromatic carbocycles. The molecule has 2 amide bonds. The lowest BCUT2D eigenvalue weighted by atomic mass is 9.70. The summed E-state index contributed by atoms with van der Waals surface area (Å²) in [6.07, 6.45) is -1.57. The van der Waals surface area contributed by atoms with Crippen molar-refractivity contribution in [3.8, 4) is 0 Å². The fourth-order valence-corrected chi connectivity index (χ4v) is 5.26. The Labute approximate surface area is 219 Å². The maximum Gasteiger partial charge on any atom is 0.490 e. The molecule has 3 heterocycles. The summed E-state index contributed by atoms with van der Waals surface area (Å²) >= 11 is 0. The number of carboxylic acid groups (broad SMARTS) is 1. The second-order valence-corrected chi connectivity index (χ2v) is 9.83. The molecular weight excluding hydrogens is 505 g/mol. The van der Waals surface area contributed by atoms with Crippen LogP contribution in [0.15, 0.2) is 42.6 Å². The average Bonchev–Trinajstić information content (AvgIpc) is 3.48. The Bertz CT molecular complexity index is 1120. The molecule has 0 radical (unpaired) electrons. The SMILES string of the molecule is COCC(=O)N1C[C@@H](c2ccnn2C(C)C)[C@@]2(CCCN(Cc3ccccc3)C2=O)C1.O=C(O)C(F)(F)F. The predicted molar refractivity (Wildman–Crippen MR) is 131 cm³/mol. The molecule has 1 aromatic heterocycles. The summed E-state index contributed by atoms with van der Waals surface area (Å²) in [5.41, 5.74) is 1.54. The zero-order valence-electron chi connectivity index (χ0n) is 21.6. The summed E-state index contributed by atoms with van der Waals surface area (Å²) in [5.74, 6) is -2.75. The molecule has 2 aliphatic rings. The van der Waals surface area contributed by atoms with Crippen molar-refractivity contribution in [2.75, 3.05) is 33.4 Å². The lowest BCUT2D eigenvalue weighted by Crippen LogP contribution is -2.52.